The second-order valence-electron chi connectivity index (χ2n) is 11.3. The van der Waals surface area contributed by atoms with E-state index in [0.717, 1.165) is 11.1 Å². The number of nitrogens with zero attached hydrogens (tertiary/aromatic N) is 2. The van der Waals surface area contributed by atoms with Gasteiger partial charge in [-0.15, -0.1) is 0 Å². The lowest BCUT2D eigenvalue weighted by atomic mass is 9.96. The van der Waals surface area contributed by atoms with Crippen molar-refractivity contribution in [1.29, 1.82) is 0 Å². The van der Waals surface area contributed by atoms with Crippen molar-refractivity contribution in [1.82, 2.24) is 9.80 Å². The van der Waals surface area contributed by atoms with Gasteiger partial charge in [-0.25, -0.2) is 4.79 Å². The molecule has 3 amide bonds. The summed E-state index contributed by atoms with van der Waals surface area (Å²) in [6.45, 7) is 10.7. The van der Waals surface area contributed by atoms with Gasteiger partial charge in [0.25, 0.3) is 11.8 Å². The maximum Gasteiger partial charge on any atom is 0.410 e. The van der Waals surface area contributed by atoms with Crippen LogP contribution in [0.15, 0.2) is 66.7 Å². The number of aromatic hydroxyl groups is 1. The summed E-state index contributed by atoms with van der Waals surface area (Å²) in [5, 5.41) is 14.0. The van der Waals surface area contributed by atoms with Gasteiger partial charge in [0.15, 0.2) is 0 Å². The van der Waals surface area contributed by atoms with E-state index >= 15 is 0 Å². The van der Waals surface area contributed by atoms with Crippen LogP contribution >= 0.6 is 0 Å². The number of hydrogen-bond acceptors (Lipinski definition) is 5. The zero-order valence-corrected chi connectivity index (χ0v) is 23.7. The Kier molecular flexibility index (Phi) is 8.47. The molecule has 1 aliphatic heterocycles. The fourth-order valence-electron chi connectivity index (χ4n) is 4.55. The highest BCUT2D eigenvalue weighted by Gasteiger charge is 2.31. The first kappa shape index (κ1) is 28.7. The van der Waals surface area contributed by atoms with Gasteiger partial charge in [-0.05, 0) is 67.6 Å². The van der Waals surface area contributed by atoms with Crippen LogP contribution < -0.4 is 5.32 Å². The van der Waals surface area contributed by atoms with Gasteiger partial charge in [-0.1, -0.05) is 56.3 Å². The van der Waals surface area contributed by atoms with Crippen LogP contribution in [-0.2, 0) is 4.74 Å². The number of hydrogen-bond donors (Lipinski definition) is 2. The molecule has 1 aliphatic rings. The van der Waals surface area contributed by atoms with Crippen LogP contribution in [0.4, 0.5) is 10.5 Å². The van der Waals surface area contributed by atoms with Crippen molar-refractivity contribution in [2.75, 3.05) is 31.5 Å². The standard InChI is InChI=1S/C32H37N3O5/c1-21(2)22-11-13-25(14-12-22)33-29(37)26-19-24(23-9-7-6-8-10-23)20-27(36)28(26)30(38)34-15-17-35(18-16-34)31(39)40-32(3,4)5/h6-14,19-21,36H,15-18H2,1-5H3,(H,33,37). The van der Waals surface area contributed by atoms with Crippen molar-refractivity contribution in [2.24, 2.45) is 0 Å². The lowest BCUT2D eigenvalue weighted by Crippen LogP contribution is -2.51. The fourth-order valence-corrected chi connectivity index (χ4v) is 4.55. The summed E-state index contributed by atoms with van der Waals surface area (Å²) in [7, 11) is 0. The molecule has 1 heterocycles. The molecule has 0 aliphatic carbocycles. The molecule has 0 unspecified atom stereocenters. The van der Waals surface area contributed by atoms with Gasteiger partial charge in [0.1, 0.15) is 11.4 Å². The first-order valence-corrected chi connectivity index (χ1v) is 13.5. The number of amides is 3. The number of anilines is 1. The summed E-state index contributed by atoms with van der Waals surface area (Å²) in [5.41, 5.74) is 2.54. The number of phenols is 1. The Morgan fingerprint density at radius 2 is 1.45 bits per heavy atom. The molecule has 3 aromatic rings. The van der Waals surface area contributed by atoms with Crippen molar-refractivity contribution < 1.29 is 24.2 Å². The Balaban J connectivity index is 1.62. The predicted octanol–water partition coefficient (Wildman–Crippen LogP) is 6.13. The van der Waals surface area contributed by atoms with Crippen molar-refractivity contribution in [2.45, 2.75) is 46.1 Å². The normalized spacial score (nSPS) is 13.8. The van der Waals surface area contributed by atoms with Crippen LogP contribution in [0.5, 0.6) is 5.75 Å². The van der Waals surface area contributed by atoms with Crippen LogP contribution in [0, 0.1) is 0 Å². The monoisotopic (exact) mass is 543 g/mol. The molecule has 0 atom stereocenters. The number of carbonyl (C=O) groups is 3. The average Bonchev–Trinajstić information content (AvgIpc) is 2.92. The number of piperazine rings is 1. The lowest BCUT2D eigenvalue weighted by Gasteiger charge is -2.36. The van der Waals surface area contributed by atoms with Crippen LogP contribution in [0.1, 0.15) is 66.8 Å². The molecular formula is C32H37N3O5. The Bertz CT molecular complexity index is 1370. The number of phenolic OH excluding ortho intramolecular Hbond substituents is 1. The summed E-state index contributed by atoms with van der Waals surface area (Å²) in [4.78, 5) is 42.9. The molecule has 0 aromatic heterocycles. The smallest absolute Gasteiger partial charge is 0.410 e. The predicted molar refractivity (Wildman–Crippen MR) is 156 cm³/mol. The first-order chi connectivity index (χ1) is 18.9. The van der Waals surface area contributed by atoms with Gasteiger partial charge >= 0.3 is 6.09 Å². The molecule has 0 radical (unpaired) electrons. The Hall–Kier alpha value is -4.33. The fraction of sp³-hybridized carbons (Fsp3) is 0.344. The van der Waals surface area contributed by atoms with E-state index in [-0.39, 0.29) is 43.1 Å². The zero-order valence-electron chi connectivity index (χ0n) is 23.7. The summed E-state index contributed by atoms with van der Waals surface area (Å²) < 4.78 is 5.45. The SMILES string of the molecule is CC(C)c1ccc(NC(=O)c2cc(-c3ccccc3)cc(O)c2C(=O)N2CCN(C(=O)OC(C)(C)C)CC2)cc1. The third-order valence-electron chi connectivity index (χ3n) is 6.74. The topological polar surface area (TPSA) is 99.2 Å². The lowest BCUT2D eigenvalue weighted by molar-refractivity contribution is 0.0140. The molecule has 0 spiro atoms. The van der Waals surface area contributed by atoms with Crippen molar-refractivity contribution >= 4 is 23.6 Å². The molecule has 3 aromatic carbocycles. The third kappa shape index (κ3) is 6.81. The van der Waals surface area contributed by atoms with E-state index in [2.05, 4.69) is 19.2 Å². The van der Waals surface area contributed by atoms with E-state index in [4.69, 9.17) is 4.74 Å². The van der Waals surface area contributed by atoms with Gasteiger partial charge in [0, 0.05) is 31.9 Å². The Labute approximate surface area is 235 Å². The second-order valence-corrected chi connectivity index (χ2v) is 11.3. The molecule has 1 saturated heterocycles. The minimum atomic E-state index is -0.617. The maximum atomic E-state index is 13.7. The highest BCUT2D eigenvalue weighted by Crippen LogP contribution is 2.32. The number of carbonyl (C=O) groups excluding carboxylic acids is 3. The number of ether oxygens (including phenoxy) is 1. The van der Waals surface area contributed by atoms with E-state index in [1.54, 1.807) is 36.6 Å². The third-order valence-corrected chi connectivity index (χ3v) is 6.74. The first-order valence-electron chi connectivity index (χ1n) is 13.5. The number of rotatable bonds is 5. The molecule has 8 nitrogen and oxygen atoms in total. The van der Waals surface area contributed by atoms with Crippen molar-refractivity contribution in [3.05, 3.63) is 83.4 Å². The molecule has 2 N–H and O–H groups in total. The summed E-state index contributed by atoms with van der Waals surface area (Å²) >= 11 is 0. The van der Waals surface area contributed by atoms with Crippen LogP contribution in [0.3, 0.4) is 0 Å². The van der Waals surface area contributed by atoms with Crippen LogP contribution in [-0.4, -0.2) is 64.6 Å². The van der Waals surface area contributed by atoms with Crippen LogP contribution in [0.2, 0.25) is 0 Å². The van der Waals surface area contributed by atoms with Gasteiger partial charge in [-0.3, -0.25) is 9.59 Å². The molecular weight excluding hydrogens is 506 g/mol. The van der Waals surface area contributed by atoms with Gasteiger partial charge in [-0.2, -0.15) is 0 Å². The van der Waals surface area contributed by atoms with Gasteiger partial charge in [0.2, 0.25) is 0 Å². The molecule has 8 heteroatoms. The van der Waals surface area contributed by atoms with E-state index in [0.29, 0.717) is 17.2 Å². The van der Waals surface area contributed by atoms with E-state index in [1.807, 2.05) is 54.6 Å². The zero-order chi connectivity index (χ0) is 29.0. The molecule has 210 valence electrons. The minimum absolute atomic E-state index is 0.0679. The van der Waals surface area contributed by atoms with Gasteiger partial charge in [0.05, 0.1) is 11.1 Å². The summed E-state index contributed by atoms with van der Waals surface area (Å²) in [6, 6.07) is 20.1. The molecule has 1 fully saturated rings. The Morgan fingerprint density at radius 3 is 2.02 bits per heavy atom. The second kappa shape index (κ2) is 11.8. The Morgan fingerprint density at radius 1 is 0.850 bits per heavy atom. The largest absolute Gasteiger partial charge is 0.507 e. The molecule has 0 bridgehead atoms. The summed E-state index contributed by atoms with van der Waals surface area (Å²) in [5.74, 6) is -0.895. The van der Waals surface area contributed by atoms with Gasteiger partial charge < -0.3 is 25.0 Å². The molecule has 40 heavy (non-hydrogen) atoms. The van der Waals surface area contributed by atoms with E-state index < -0.39 is 23.5 Å². The average molecular weight is 544 g/mol. The highest BCUT2D eigenvalue weighted by molar-refractivity contribution is 6.14. The van der Waals surface area contributed by atoms with Crippen LogP contribution in [0.25, 0.3) is 11.1 Å². The number of nitrogens with one attached hydrogen (secondary N) is 1. The van der Waals surface area contributed by atoms with Crippen molar-refractivity contribution in [3.8, 4) is 16.9 Å². The summed E-state index contributed by atoms with van der Waals surface area (Å²) in [6.07, 6.45) is -0.432. The highest BCUT2D eigenvalue weighted by atomic mass is 16.6. The maximum absolute atomic E-state index is 13.7. The quantitative estimate of drug-likeness (QED) is 0.404. The molecule has 4 rings (SSSR count). The van der Waals surface area contributed by atoms with E-state index in [1.165, 1.54) is 6.07 Å². The number of benzene rings is 3. The van der Waals surface area contributed by atoms with E-state index in [9.17, 15) is 19.5 Å². The molecule has 0 saturated carbocycles. The minimum Gasteiger partial charge on any atom is -0.507 e. The van der Waals surface area contributed by atoms with Crippen molar-refractivity contribution in [3.63, 3.8) is 0 Å².